The third kappa shape index (κ3) is 2.68. The van der Waals surface area contributed by atoms with Crippen LogP contribution >= 0.6 is 15.9 Å². The molecule has 1 aromatic heterocycles. The summed E-state index contributed by atoms with van der Waals surface area (Å²) in [6.07, 6.45) is 0. The molecule has 0 aliphatic rings. The highest BCUT2D eigenvalue weighted by molar-refractivity contribution is 9.10. The highest BCUT2D eigenvalue weighted by atomic mass is 79.9. The monoisotopic (exact) mass is 365 g/mol. The van der Waals surface area contributed by atoms with Crippen molar-refractivity contribution in [2.24, 2.45) is 0 Å². The van der Waals surface area contributed by atoms with E-state index in [1.807, 2.05) is 4.72 Å². The second-order valence-electron chi connectivity index (χ2n) is 4.11. The Labute approximate surface area is 122 Å². The molecule has 0 fully saturated rings. The van der Waals surface area contributed by atoms with E-state index in [2.05, 4.69) is 26.1 Å². The van der Waals surface area contributed by atoms with Crippen LogP contribution in [0.4, 0.5) is 14.5 Å². The summed E-state index contributed by atoms with van der Waals surface area (Å²) in [6, 6.07) is 1.62. The molecule has 20 heavy (non-hydrogen) atoms. The number of aromatic nitrogens is 2. The molecule has 0 aliphatic carbocycles. The van der Waals surface area contributed by atoms with Crippen molar-refractivity contribution in [3.63, 3.8) is 0 Å². The first kappa shape index (κ1) is 14.9. The molecule has 1 aromatic carbocycles. The molecule has 5 nitrogen and oxygen atoms in total. The number of halogens is 3. The highest BCUT2D eigenvalue weighted by Crippen LogP contribution is 2.26. The summed E-state index contributed by atoms with van der Waals surface area (Å²) in [6.45, 7) is 3.02. The molecule has 0 spiro atoms. The van der Waals surface area contributed by atoms with Gasteiger partial charge in [-0.3, -0.25) is 9.82 Å². The van der Waals surface area contributed by atoms with Gasteiger partial charge in [-0.25, -0.2) is 17.2 Å². The molecule has 2 N–H and O–H groups in total. The van der Waals surface area contributed by atoms with Crippen molar-refractivity contribution >= 4 is 31.6 Å². The Morgan fingerprint density at radius 2 is 1.90 bits per heavy atom. The highest BCUT2D eigenvalue weighted by Gasteiger charge is 2.24. The van der Waals surface area contributed by atoms with Gasteiger partial charge in [0.05, 0.1) is 21.5 Å². The minimum atomic E-state index is -4.05. The molecule has 108 valence electrons. The summed E-state index contributed by atoms with van der Waals surface area (Å²) < 4.78 is 53.3. The lowest BCUT2D eigenvalue weighted by molar-refractivity contribution is 0.591. The van der Waals surface area contributed by atoms with Gasteiger partial charge < -0.3 is 0 Å². The van der Waals surface area contributed by atoms with Crippen LogP contribution in [0.15, 0.2) is 21.5 Å². The number of hydrogen-bond donors (Lipinski definition) is 2. The van der Waals surface area contributed by atoms with Crippen LogP contribution < -0.4 is 4.72 Å². The molecule has 0 atom stereocenters. The van der Waals surface area contributed by atoms with E-state index in [1.165, 1.54) is 13.8 Å². The average Bonchev–Trinajstić information content (AvgIpc) is 2.66. The van der Waals surface area contributed by atoms with Gasteiger partial charge in [-0.05, 0) is 35.8 Å². The molecule has 0 saturated carbocycles. The first-order valence-corrected chi connectivity index (χ1v) is 7.69. The Morgan fingerprint density at radius 1 is 1.25 bits per heavy atom. The van der Waals surface area contributed by atoms with Crippen molar-refractivity contribution in [3.05, 3.63) is 39.6 Å². The van der Waals surface area contributed by atoms with E-state index in [1.54, 1.807) is 0 Å². The lowest BCUT2D eigenvalue weighted by atomic mass is 10.3. The fourth-order valence-corrected chi connectivity index (χ4v) is 3.48. The smallest absolute Gasteiger partial charge is 0.265 e. The molecule has 0 bridgehead atoms. The predicted octanol–water partition coefficient (Wildman–Crippen LogP) is 2.87. The maximum atomic E-state index is 13.7. The number of nitrogens with one attached hydrogen (secondary N) is 2. The number of aryl methyl sites for hydroxylation is 2. The third-order valence-corrected chi connectivity index (χ3v) is 4.82. The zero-order valence-corrected chi connectivity index (χ0v) is 12.9. The van der Waals surface area contributed by atoms with E-state index in [-0.39, 0.29) is 15.1 Å². The Morgan fingerprint density at radius 3 is 2.45 bits per heavy atom. The Hall–Kier alpha value is -1.48. The van der Waals surface area contributed by atoms with Gasteiger partial charge in [0.15, 0.2) is 0 Å². The van der Waals surface area contributed by atoms with Crippen LogP contribution in [0.25, 0.3) is 0 Å². The number of anilines is 1. The molecule has 0 saturated heterocycles. The van der Waals surface area contributed by atoms with Gasteiger partial charge in [0, 0.05) is 6.07 Å². The average molecular weight is 366 g/mol. The first-order chi connectivity index (χ1) is 9.22. The van der Waals surface area contributed by atoms with Crippen molar-refractivity contribution in [2.75, 3.05) is 4.72 Å². The summed E-state index contributed by atoms with van der Waals surface area (Å²) in [5.41, 5.74) is 0.0895. The van der Waals surface area contributed by atoms with Crippen molar-refractivity contribution < 1.29 is 17.2 Å². The zero-order chi connectivity index (χ0) is 15.1. The molecule has 1 heterocycles. The molecule has 2 rings (SSSR count). The van der Waals surface area contributed by atoms with Crippen LogP contribution in [-0.4, -0.2) is 18.6 Å². The second-order valence-corrected chi connectivity index (χ2v) is 6.59. The van der Waals surface area contributed by atoms with Crippen LogP contribution in [0.3, 0.4) is 0 Å². The fourth-order valence-electron chi connectivity index (χ4n) is 1.73. The van der Waals surface area contributed by atoms with Crippen molar-refractivity contribution in [2.45, 2.75) is 18.7 Å². The number of benzene rings is 1. The Kier molecular flexibility index (Phi) is 3.83. The second kappa shape index (κ2) is 5.13. The number of hydrogen-bond acceptors (Lipinski definition) is 3. The summed E-state index contributed by atoms with van der Waals surface area (Å²) in [5, 5.41) is 6.28. The van der Waals surface area contributed by atoms with Gasteiger partial charge in [-0.1, -0.05) is 0 Å². The largest absolute Gasteiger partial charge is 0.281 e. The Bertz CT molecular complexity index is 755. The van der Waals surface area contributed by atoms with Gasteiger partial charge in [0.1, 0.15) is 16.5 Å². The molecular weight excluding hydrogens is 356 g/mol. The minimum Gasteiger partial charge on any atom is -0.281 e. The fraction of sp³-hybridized carbons (Fsp3) is 0.182. The van der Waals surface area contributed by atoms with Crippen molar-refractivity contribution in [1.82, 2.24) is 10.2 Å². The lowest BCUT2D eigenvalue weighted by Gasteiger charge is -2.09. The molecular formula is C11H10BrF2N3O2S. The molecule has 0 unspecified atom stereocenters. The van der Waals surface area contributed by atoms with E-state index in [0.29, 0.717) is 5.69 Å². The van der Waals surface area contributed by atoms with Crippen LogP contribution in [0.2, 0.25) is 0 Å². The van der Waals surface area contributed by atoms with E-state index >= 15 is 0 Å². The number of rotatable bonds is 3. The number of nitrogens with zero attached hydrogens (tertiary/aromatic N) is 1. The van der Waals surface area contributed by atoms with Crippen molar-refractivity contribution in [1.29, 1.82) is 0 Å². The van der Waals surface area contributed by atoms with Crippen LogP contribution in [0.5, 0.6) is 0 Å². The van der Waals surface area contributed by atoms with Crippen LogP contribution in [0.1, 0.15) is 11.4 Å². The quantitative estimate of drug-likeness (QED) is 0.821. The molecule has 2 aromatic rings. The maximum Gasteiger partial charge on any atom is 0.265 e. The normalized spacial score (nSPS) is 11.7. The minimum absolute atomic E-state index is 0.0831. The zero-order valence-electron chi connectivity index (χ0n) is 10.5. The van der Waals surface area contributed by atoms with Gasteiger partial charge in [0.25, 0.3) is 10.0 Å². The van der Waals surface area contributed by atoms with E-state index in [9.17, 15) is 17.2 Å². The number of sulfonamides is 1. The lowest BCUT2D eigenvalue weighted by Crippen LogP contribution is -2.15. The van der Waals surface area contributed by atoms with Crippen LogP contribution in [-0.2, 0) is 10.0 Å². The van der Waals surface area contributed by atoms with Gasteiger partial charge in [0.2, 0.25) is 0 Å². The standard InChI is InChI=1S/C11H10BrF2N3O2S/c1-5-11(6(2)16-15-5)20(18,19)17-10-4-8(13)7(12)3-9(10)14/h3-4,17H,1-2H3,(H,15,16). The van der Waals surface area contributed by atoms with Gasteiger partial charge >= 0.3 is 0 Å². The van der Waals surface area contributed by atoms with Gasteiger partial charge in [-0.2, -0.15) is 5.10 Å². The topological polar surface area (TPSA) is 74.8 Å². The molecule has 0 amide bonds. The van der Waals surface area contributed by atoms with E-state index in [0.717, 1.165) is 12.1 Å². The van der Waals surface area contributed by atoms with Gasteiger partial charge in [-0.15, -0.1) is 0 Å². The summed E-state index contributed by atoms with van der Waals surface area (Å²) >= 11 is 2.81. The SMILES string of the molecule is Cc1n[nH]c(C)c1S(=O)(=O)Nc1cc(F)c(Br)cc1F. The van der Waals surface area contributed by atoms with Crippen molar-refractivity contribution in [3.8, 4) is 0 Å². The Balaban J connectivity index is 2.47. The van der Waals surface area contributed by atoms with Crippen LogP contribution in [0, 0.1) is 25.5 Å². The number of aromatic amines is 1. The molecule has 0 radical (unpaired) electrons. The molecule has 9 heteroatoms. The summed E-state index contributed by atoms with van der Waals surface area (Å²) in [4.78, 5) is -0.0831. The summed E-state index contributed by atoms with van der Waals surface area (Å²) in [5.74, 6) is -1.66. The molecule has 0 aliphatic heterocycles. The predicted molar refractivity (Wildman–Crippen MR) is 72.9 cm³/mol. The first-order valence-electron chi connectivity index (χ1n) is 5.41. The maximum absolute atomic E-state index is 13.7. The van der Waals surface area contributed by atoms with E-state index < -0.39 is 27.3 Å². The summed E-state index contributed by atoms with van der Waals surface area (Å²) in [7, 11) is -4.05. The van der Waals surface area contributed by atoms with E-state index in [4.69, 9.17) is 0 Å². The third-order valence-electron chi connectivity index (χ3n) is 2.58. The number of H-pyrrole nitrogens is 1.